The molecule has 0 aliphatic carbocycles. The van der Waals surface area contributed by atoms with Crippen molar-refractivity contribution in [3.05, 3.63) is 82.5 Å². The molecule has 2 N–H and O–H groups in total. The number of rotatable bonds is 5. The van der Waals surface area contributed by atoms with Gasteiger partial charge in [0.15, 0.2) is 0 Å². The number of hydrogen-bond donors (Lipinski definition) is 1. The number of halogens is 1. The molecule has 6 nitrogen and oxygen atoms in total. The lowest BCUT2D eigenvalue weighted by Crippen LogP contribution is -2.25. The predicted octanol–water partition coefficient (Wildman–Crippen LogP) is 3.62. The van der Waals surface area contributed by atoms with Gasteiger partial charge in [0.05, 0.1) is 25.2 Å². The van der Waals surface area contributed by atoms with Crippen molar-refractivity contribution in [2.24, 2.45) is 5.73 Å². The van der Waals surface area contributed by atoms with Crippen LogP contribution < -0.4 is 10.5 Å². The van der Waals surface area contributed by atoms with E-state index in [2.05, 4.69) is 0 Å². The molecule has 0 aromatic heterocycles. The van der Waals surface area contributed by atoms with Crippen LogP contribution in [0.3, 0.4) is 0 Å². The highest BCUT2D eigenvalue weighted by Gasteiger charge is 2.38. The van der Waals surface area contributed by atoms with Crippen LogP contribution in [0.25, 0.3) is 5.76 Å². The Morgan fingerprint density at radius 1 is 1.21 bits per heavy atom. The van der Waals surface area contributed by atoms with Crippen molar-refractivity contribution in [3.8, 4) is 11.8 Å². The fourth-order valence-corrected chi connectivity index (χ4v) is 3.12. The molecule has 1 unspecified atom stereocenters. The lowest BCUT2D eigenvalue weighted by Gasteiger charge is -2.28. The number of ether oxygens (including phenoxy) is 3. The minimum absolute atomic E-state index is 0.0871. The number of nitrogens with zero attached hydrogens (tertiary/aromatic N) is 1. The Hall–Kier alpha value is -3.79. The number of hydrogen-bond acceptors (Lipinski definition) is 6. The number of carbonyl (C=O) groups excluding carboxylic acids is 1. The second-order valence-electron chi connectivity index (χ2n) is 6.17. The maximum Gasteiger partial charge on any atom is 0.338 e. The molecular formula is C22H19FN2O4. The predicted molar refractivity (Wildman–Crippen MR) is 104 cm³/mol. The second kappa shape index (κ2) is 8.48. The highest BCUT2D eigenvalue weighted by atomic mass is 19.1. The van der Waals surface area contributed by atoms with Crippen LogP contribution in [0, 0.1) is 17.1 Å². The fraction of sp³-hybridized carbons (Fsp3) is 0.182. The third-order valence-corrected chi connectivity index (χ3v) is 4.47. The number of nitrogens with two attached hydrogens (primary N) is 1. The average Bonchev–Trinajstić information content (AvgIpc) is 2.73. The van der Waals surface area contributed by atoms with Gasteiger partial charge in [0.2, 0.25) is 5.88 Å². The first-order chi connectivity index (χ1) is 14.0. The summed E-state index contributed by atoms with van der Waals surface area (Å²) >= 11 is 0. The van der Waals surface area contributed by atoms with Crippen LogP contribution in [0.4, 0.5) is 4.39 Å². The standard InChI is InChI=1S/C22H19FN2O4/c1-3-28-22(26)19-18(13-6-10-16(27-2)11-7-13)17(12-24)21(25)29-20(19)14-4-8-15(23)9-5-14/h4-11,18H,3,25H2,1-2H3. The lowest BCUT2D eigenvalue weighted by molar-refractivity contribution is -0.138. The van der Waals surface area contributed by atoms with Crippen molar-refractivity contribution in [1.82, 2.24) is 0 Å². The molecule has 0 bridgehead atoms. The van der Waals surface area contributed by atoms with Gasteiger partial charge in [-0.3, -0.25) is 0 Å². The normalized spacial score (nSPS) is 16.1. The average molecular weight is 394 g/mol. The number of nitriles is 1. The molecule has 1 heterocycles. The topological polar surface area (TPSA) is 94.6 Å². The largest absolute Gasteiger partial charge is 0.497 e. The summed E-state index contributed by atoms with van der Waals surface area (Å²) in [6.07, 6.45) is 0. The van der Waals surface area contributed by atoms with E-state index in [-0.39, 0.29) is 29.4 Å². The number of carbonyl (C=O) groups is 1. The van der Waals surface area contributed by atoms with Crippen molar-refractivity contribution >= 4 is 11.7 Å². The monoisotopic (exact) mass is 394 g/mol. The number of allylic oxidation sites excluding steroid dienone is 1. The summed E-state index contributed by atoms with van der Waals surface area (Å²) in [5.74, 6) is -1.26. The minimum atomic E-state index is -0.807. The fourth-order valence-electron chi connectivity index (χ4n) is 3.12. The minimum Gasteiger partial charge on any atom is -0.497 e. The highest BCUT2D eigenvalue weighted by molar-refractivity contribution is 5.99. The Morgan fingerprint density at radius 2 is 1.86 bits per heavy atom. The zero-order valence-corrected chi connectivity index (χ0v) is 15.9. The van der Waals surface area contributed by atoms with Crippen molar-refractivity contribution in [1.29, 1.82) is 5.26 Å². The van der Waals surface area contributed by atoms with E-state index in [4.69, 9.17) is 19.9 Å². The SMILES string of the molecule is CCOC(=O)C1=C(c2ccc(F)cc2)OC(N)=C(C#N)C1c1ccc(OC)cc1. The van der Waals surface area contributed by atoms with Crippen LogP contribution in [0.5, 0.6) is 5.75 Å². The van der Waals surface area contributed by atoms with Crippen molar-refractivity contribution < 1.29 is 23.4 Å². The molecule has 0 fully saturated rings. The molecule has 2 aromatic carbocycles. The first-order valence-electron chi connectivity index (χ1n) is 8.88. The molecular weight excluding hydrogens is 375 g/mol. The van der Waals surface area contributed by atoms with E-state index in [1.54, 1.807) is 38.3 Å². The summed E-state index contributed by atoms with van der Waals surface area (Å²) < 4.78 is 29.5. The molecule has 0 saturated carbocycles. The third-order valence-electron chi connectivity index (χ3n) is 4.47. The van der Waals surface area contributed by atoms with Crippen LogP contribution in [-0.4, -0.2) is 19.7 Å². The van der Waals surface area contributed by atoms with Crippen LogP contribution in [-0.2, 0) is 14.3 Å². The van der Waals surface area contributed by atoms with Crippen LogP contribution in [0.15, 0.2) is 65.6 Å². The smallest absolute Gasteiger partial charge is 0.338 e. The Kier molecular flexibility index (Phi) is 5.84. The molecule has 29 heavy (non-hydrogen) atoms. The van der Waals surface area contributed by atoms with Gasteiger partial charge in [-0.2, -0.15) is 5.26 Å². The Labute approximate surface area is 167 Å². The number of benzene rings is 2. The van der Waals surface area contributed by atoms with E-state index in [9.17, 15) is 14.4 Å². The molecule has 1 atom stereocenters. The molecule has 1 aliphatic rings. The van der Waals surface area contributed by atoms with Gasteiger partial charge >= 0.3 is 5.97 Å². The quantitative estimate of drug-likeness (QED) is 0.779. The summed E-state index contributed by atoms with van der Waals surface area (Å²) in [6, 6.07) is 14.4. The van der Waals surface area contributed by atoms with E-state index in [0.717, 1.165) is 0 Å². The van der Waals surface area contributed by atoms with Gasteiger partial charge in [0.1, 0.15) is 29.0 Å². The number of esters is 1. The summed E-state index contributed by atoms with van der Waals surface area (Å²) in [5.41, 5.74) is 7.30. The first kappa shape index (κ1) is 20.0. The molecule has 148 valence electrons. The Balaban J connectivity index is 2.24. The van der Waals surface area contributed by atoms with Gasteiger partial charge in [-0.1, -0.05) is 12.1 Å². The van der Waals surface area contributed by atoms with Gasteiger partial charge in [-0.25, -0.2) is 9.18 Å². The molecule has 0 spiro atoms. The van der Waals surface area contributed by atoms with E-state index < -0.39 is 17.7 Å². The maximum absolute atomic E-state index is 13.4. The zero-order valence-electron chi connectivity index (χ0n) is 15.9. The summed E-state index contributed by atoms with van der Waals surface area (Å²) in [6.45, 7) is 1.81. The number of methoxy groups -OCH3 is 1. The van der Waals surface area contributed by atoms with Crippen molar-refractivity contribution in [3.63, 3.8) is 0 Å². The lowest BCUT2D eigenvalue weighted by atomic mass is 9.82. The van der Waals surface area contributed by atoms with E-state index >= 15 is 0 Å². The molecule has 7 heteroatoms. The maximum atomic E-state index is 13.4. The summed E-state index contributed by atoms with van der Waals surface area (Å²) in [5, 5.41) is 9.70. The van der Waals surface area contributed by atoms with Gasteiger partial charge in [0, 0.05) is 5.56 Å². The van der Waals surface area contributed by atoms with Crippen LogP contribution in [0.1, 0.15) is 24.0 Å². The van der Waals surface area contributed by atoms with E-state index in [1.807, 2.05) is 6.07 Å². The summed E-state index contributed by atoms with van der Waals surface area (Å²) in [4.78, 5) is 12.9. The third kappa shape index (κ3) is 3.92. The molecule has 0 saturated heterocycles. The molecule has 1 aliphatic heterocycles. The summed E-state index contributed by atoms with van der Waals surface area (Å²) in [7, 11) is 1.54. The molecule has 0 amide bonds. The molecule has 2 aromatic rings. The van der Waals surface area contributed by atoms with Gasteiger partial charge in [-0.15, -0.1) is 0 Å². The Bertz CT molecular complexity index is 1020. The van der Waals surface area contributed by atoms with Crippen LogP contribution >= 0.6 is 0 Å². The van der Waals surface area contributed by atoms with Crippen molar-refractivity contribution in [2.75, 3.05) is 13.7 Å². The van der Waals surface area contributed by atoms with Crippen molar-refractivity contribution in [2.45, 2.75) is 12.8 Å². The first-order valence-corrected chi connectivity index (χ1v) is 8.88. The van der Waals surface area contributed by atoms with Gasteiger partial charge < -0.3 is 19.9 Å². The van der Waals surface area contributed by atoms with Gasteiger partial charge in [-0.05, 0) is 48.9 Å². The van der Waals surface area contributed by atoms with Crippen LogP contribution in [0.2, 0.25) is 0 Å². The highest BCUT2D eigenvalue weighted by Crippen LogP contribution is 2.43. The molecule has 0 radical (unpaired) electrons. The van der Waals surface area contributed by atoms with Gasteiger partial charge in [0.25, 0.3) is 0 Å². The zero-order chi connectivity index (χ0) is 21.0. The Morgan fingerprint density at radius 3 is 2.41 bits per heavy atom. The second-order valence-corrected chi connectivity index (χ2v) is 6.17. The molecule has 3 rings (SSSR count). The van der Waals surface area contributed by atoms with E-state index in [1.165, 1.54) is 24.3 Å². The van der Waals surface area contributed by atoms with E-state index in [0.29, 0.717) is 16.9 Å².